The molecular weight excluding hydrogens is 144 g/mol. The van der Waals surface area contributed by atoms with Crippen LogP contribution in [0.25, 0.3) is 0 Å². The highest BCUT2D eigenvalue weighted by Gasteiger charge is 2.55. The van der Waals surface area contributed by atoms with E-state index in [1.165, 1.54) is 25.7 Å². The summed E-state index contributed by atoms with van der Waals surface area (Å²) in [5, 5.41) is 0. The van der Waals surface area contributed by atoms with E-state index in [0.717, 1.165) is 23.2 Å². The molecule has 0 aromatic carbocycles. The van der Waals surface area contributed by atoms with Gasteiger partial charge in [-0.15, -0.1) is 0 Å². The molecule has 0 aromatic rings. The number of hydrogen-bond donors (Lipinski definition) is 0. The topological polar surface area (TPSA) is 0 Å². The lowest BCUT2D eigenvalue weighted by Crippen LogP contribution is -1.99. The maximum absolute atomic E-state index is 2.49. The van der Waals surface area contributed by atoms with Crippen molar-refractivity contribution in [3.05, 3.63) is 0 Å². The largest absolute Gasteiger partial charge is 0.0628 e. The van der Waals surface area contributed by atoms with Crippen LogP contribution in [0.1, 0.15) is 52.9 Å². The van der Waals surface area contributed by atoms with Crippen LogP contribution < -0.4 is 0 Å². The Morgan fingerprint density at radius 2 is 2.00 bits per heavy atom. The van der Waals surface area contributed by atoms with E-state index in [0.29, 0.717) is 0 Å². The third kappa shape index (κ3) is 1.67. The molecule has 0 aromatic heterocycles. The molecule has 0 saturated heterocycles. The molecule has 0 heteroatoms. The molecule has 2 fully saturated rings. The zero-order chi connectivity index (χ0) is 8.77. The van der Waals surface area contributed by atoms with E-state index in [4.69, 9.17) is 0 Å². The monoisotopic (exact) mass is 166 g/mol. The van der Waals surface area contributed by atoms with Crippen molar-refractivity contribution in [2.75, 3.05) is 0 Å². The van der Waals surface area contributed by atoms with Crippen LogP contribution in [0.3, 0.4) is 0 Å². The van der Waals surface area contributed by atoms with Crippen LogP contribution in [0.2, 0.25) is 0 Å². The minimum absolute atomic E-state index is 0.821. The van der Waals surface area contributed by atoms with Gasteiger partial charge in [0.05, 0.1) is 0 Å². The predicted molar refractivity (Wildman–Crippen MR) is 53.0 cm³/mol. The average Bonchev–Trinajstić information content (AvgIpc) is 2.80. The minimum atomic E-state index is 0.821. The fourth-order valence-electron chi connectivity index (χ4n) is 2.54. The molecule has 0 heterocycles. The van der Waals surface area contributed by atoms with Crippen LogP contribution in [0.5, 0.6) is 0 Å². The second kappa shape index (κ2) is 2.75. The Labute approximate surface area is 76.7 Å². The molecule has 0 radical (unpaired) electrons. The molecule has 0 spiro atoms. The first kappa shape index (κ1) is 8.59. The zero-order valence-electron chi connectivity index (χ0n) is 8.77. The maximum atomic E-state index is 2.49. The van der Waals surface area contributed by atoms with Crippen LogP contribution >= 0.6 is 0 Å². The average molecular weight is 166 g/mol. The van der Waals surface area contributed by atoms with Gasteiger partial charge in [-0.05, 0) is 48.9 Å². The van der Waals surface area contributed by atoms with Crippen molar-refractivity contribution in [1.29, 1.82) is 0 Å². The molecule has 2 aliphatic carbocycles. The summed E-state index contributed by atoms with van der Waals surface area (Å²) in [5.41, 5.74) is 0.821. The van der Waals surface area contributed by atoms with Crippen molar-refractivity contribution >= 4 is 0 Å². The lowest BCUT2D eigenvalue weighted by molar-refractivity contribution is 0.425. The molecule has 2 saturated carbocycles. The number of rotatable bonds is 4. The van der Waals surface area contributed by atoms with Gasteiger partial charge in [-0.25, -0.2) is 0 Å². The summed E-state index contributed by atoms with van der Waals surface area (Å²) in [5.74, 6) is 3.18. The van der Waals surface area contributed by atoms with Gasteiger partial charge in [0.1, 0.15) is 0 Å². The predicted octanol–water partition coefficient (Wildman–Crippen LogP) is 3.86. The molecule has 2 unspecified atom stereocenters. The van der Waals surface area contributed by atoms with Crippen molar-refractivity contribution in [3.8, 4) is 0 Å². The third-order valence-corrected chi connectivity index (χ3v) is 3.97. The molecule has 0 aliphatic heterocycles. The fraction of sp³-hybridized carbons (Fsp3) is 1.00. The fourth-order valence-corrected chi connectivity index (χ4v) is 2.54. The summed E-state index contributed by atoms with van der Waals surface area (Å²) in [6.07, 6.45) is 7.57. The maximum Gasteiger partial charge on any atom is -0.0294 e. The number of hydrogen-bond acceptors (Lipinski definition) is 0. The molecule has 0 bridgehead atoms. The summed E-state index contributed by atoms with van der Waals surface area (Å²) >= 11 is 0. The first-order valence-corrected chi connectivity index (χ1v) is 5.62. The summed E-state index contributed by atoms with van der Waals surface area (Å²) in [6.45, 7) is 7.18. The van der Waals surface area contributed by atoms with Gasteiger partial charge >= 0.3 is 0 Å². The van der Waals surface area contributed by atoms with Crippen LogP contribution in [0.15, 0.2) is 0 Å². The van der Waals surface area contributed by atoms with Crippen molar-refractivity contribution in [3.63, 3.8) is 0 Å². The Morgan fingerprint density at radius 1 is 1.33 bits per heavy atom. The quantitative estimate of drug-likeness (QED) is 0.595. The molecule has 0 amide bonds. The van der Waals surface area contributed by atoms with Gasteiger partial charge in [0, 0.05) is 0 Å². The van der Waals surface area contributed by atoms with Crippen LogP contribution in [-0.2, 0) is 0 Å². The molecule has 70 valence electrons. The van der Waals surface area contributed by atoms with E-state index in [2.05, 4.69) is 20.8 Å². The highest BCUT2D eigenvalue weighted by atomic mass is 14.6. The normalized spacial score (nSPS) is 37.0. The smallest absolute Gasteiger partial charge is 0.0294 e. The van der Waals surface area contributed by atoms with Crippen molar-refractivity contribution in [2.24, 2.45) is 23.2 Å². The molecule has 2 atom stereocenters. The molecule has 2 aliphatic rings. The zero-order valence-corrected chi connectivity index (χ0v) is 8.77. The molecule has 2 rings (SSSR count). The van der Waals surface area contributed by atoms with E-state index in [-0.39, 0.29) is 0 Å². The van der Waals surface area contributed by atoms with E-state index in [9.17, 15) is 0 Å². The van der Waals surface area contributed by atoms with Gasteiger partial charge in [-0.2, -0.15) is 0 Å². The first-order valence-electron chi connectivity index (χ1n) is 5.62. The second-order valence-corrected chi connectivity index (χ2v) is 5.73. The van der Waals surface area contributed by atoms with E-state index in [1.807, 2.05) is 0 Å². The SMILES string of the molecule is CC(C)CCC1CC1C1(C)CC1. The van der Waals surface area contributed by atoms with Crippen molar-refractivity contribution in [1.82, 2.24) is 0 Å². The third-order valence-electron chi connectivity index (χ3n) is 3.97. The van der Waals surface area contributed by atoms with E-state index >= 15 is 0 Å². The highest BCUT2D eigenvalue weighted by molar-refractivity contribution is 5.05. The van der Waals surface area contributed by atoms with Gasteiger partial charge in [0.15, 0.2) is 0 Å². The van der Waals surface area contributed by atoms with Gasteiger partial charge in [0.25, 0.3) is 0 Å². The lowest BCUT2D eigenvalue weighted by Gasteiger charge is -2.07. The van der Waals surface area contributed by atoms with Gasteiger partial charge in [-0.3, -0.25) is 0 Å². The van der Waals surface area contributed by atoms with Gasteiger partial charge in [0.2, 0.25) is 0 Å². The molecule has 12 heavy (non-hydrogen) atoms. The Balaban J connectivity index is 1.67. The Kier molecular flexibility index (Phi) is 1.97. The van der Waals surface area contributed by atoms with E-state index in [1.54, 1.807) is 6.42 Å². The van der Waals surface area contributed by atoms with Gasteiger partial charge in [-0.1, -0.05) is 27.2 Å². The molecule has 0 nitrogen and oxygen atoms in total. The lowest BCUT2D eigenvalue weighted by atomic mass is 9.98. The summed E-state index contributed by atoms with van der Waals surface area (Å²) in [7, 11) is 0. The van der Waals surface area contributed by atoms with Gasteiger partial charge < -0.3 is 0 Å². The minimum Gasteiger partial charge on any atom is -0.0628 e. The Hall–Kier alpha value is 0. The highest BCUT2D eigenvalue weighted by Crippen LogP contribution is 2.64. The Bertz CT molecular complexity index is 165. The van der Waals surface area contributed by atoms with Crippen LogP contribution in [-0.4, -0.2) is 0 Å². The first-order chi connectivity index (χ1) is 5.62. The summed E-state index contributed by atoms with van der Waals surface area (Å²) < 4.78 is 0. The van der Waals surface area contributed by atoms with Crippen molar-refractivity contribution in [2.45, 2.75) is 52.9 Å². The second-order valence-electron chi connectivity index (χ2n) is 5.73. The Morgan fingerprint density at radius 3 is 2.50 bits per heavy atom. The summed E-state index contributed by atoms with van der Waals surface area (Å²) in [6, 6.07) is 0. The van der Waals surface area contributed by atoms with E-state index < -0.39 is 0 Å². The molecular formula is C12H22. The van der Waals surface area contributed by atoms with Crippen LogP contribution in [0, 0.1) is 23.2 Å². The molecule has 0 N–H and O–H groups in total. The summed E-state index contributed by atoms with van der Waals surface area (Å²) in [4.78, 5) is 0. The van der Waals surface area contributed by atoms with Crippen LogP contribution in [0.4, 0.5) is 0 Å². The van der Waals surface area contributed by atoms with Crippen molar-refractivity contribution < 1.29 is 0 Å². The standard InChI is InChI=1S/C12H22/c1-9(2)4-5-10-8-11(10)12(3)6-7-12/h9-11H,4-8H2,1-3H3.